The quantitative estimate of drug-likeness (QED) is 0.650. The number of nitrogens with one attached hydrogen (secondary N) is 2. The predicted octanol–water partition coefficient (Wildman–Crippen LogP) is 3.08. The number of pyridine rings is 1. The average molecular weight is 258 g/mol. The fraction of sp³-hybridized carbons (Fsp3) is 0.154. The van der Waals surface area contributed by atoms with Crippen molar-refractivity contribution in [3.63, 3.8) is 0 Å². The molecular weight excluding hydrogens is 244 g/mol. The van der Waals surface area contributed by atoms with E-state index in [-0.39, 0.29) is 11.5 Å². The van der Waals surface area contributed by atoms with E-state index in [1.54, 1.807) is 13.1 Å². The van der Waals surface area contributed by atoms with Gasteiger partial charge in [-0.3, -0.25) is 10.1 Å². The molecule has 1 aromatic heterocycles. The Morgan fingerprint density at radius 3 is 2.68 bits per heavy atom. The lowest BCUT2D eigenvalue weighted by Crippen LogP contribution is -2.02. The molecule has 0 aliphatic rings. The highest BCUT2D eigenvalue weighted by molar-refractivity contribution is 5.67. The van der Waals surface area contributed by atoms with E-state index in [1.807, 2.05) is 31.2 Å². The Labute approximate surface area is 110 Å². The molecule has 0 bridgehead atoms. The molecule has 0 amide bonds. The number of anilines is 3. The molecule has 0 saturated heterocycles. The SMILES string of the molecule is CNc1ccc([N+](=O)[O-])c(Nc2cccc(C)c2)n1. The number of rotatable bonds is 4. The molecule has 6 heteroatoms. The molecule has 19 heavy (non-hydrogen) atoms. The zero-order valence-corrected chi connectivity index (χ0v) is 10.7. The van der Waals surface area contributed by atoms with Gasteiger partial charge in [0.25, 0.3) is 0 Å². The molecule has 98 valence electrons. The van der Waals surface area contributed by atoms with Crippen molar-refractivity contribution in [3.8, 4) is 0 Å². The second-order valence-electron chi connectivity index (χ2n) is 4.07. The summed E-state index contributed by atoms with van der Waals surface area (Å²) < 4.78 is 0. The molecule has 0 fully saturated rings. The highest BCUT2D eigenvalue weighted by atomic mass is 16.6. The number of nitrogens with zero attached hydrogens (tertiary/aromatic N) is 2. The number of nitro groups is 1. The third-order valence-corrected chi connectivity index (χ3v) is 2.61. The summed E-state index contributed by atoms with van der Waals surface area (Å²) in [6.07, 6.45) is 0. The summed E-state index contributed by atoms with van der Waals surface area (Å²) in [7, 11) is 1.71. The van der Waals surface area contributed by atoms with Crippen LogP contribution in [0.5, 0.6) is 0 Å². The maximum absolute atomic E-state index is 11.0. The van der Waals surface area contributed by atoms with Crippen LogP contribution in [0.15, 0.2) is 36.4 Å². The van der Waals surface area contributed by atoms with Crippen LogP contribution in [0.3, 0.4) is 0 Å². The van der Waals surface area contributed by atoms with Crippen LogP contribution >= 0.6 is 0 Å². The van der Waals surface area contributed by atoms with Crippen LogP contribution in [0, 0.1) is 17.0 Å². The van der Waals surface area contributed by atoms with Crippen LogP contribution in [0.4, 0.5) is 23.0 Å². The highest BCUT2D eigenvalue weighted by Gasteiger charge is 2.15. The Balaban J connectivity index is 2.39. The Morgan fingerprint density at radius 2 is 2.05 bits per heavy atom. The maximum atomic E-state index is 11.0. The topological polar surface area (TPSA) is 80.1 Å². The Hall–Kier alpha value is -2.63. The van der Waals surface area contributed by atoms with E-state index in [1.165, 1.54) is 6.07 Å². The van der Waals surface area contributed by atoms with Gasteiger partial charge in [0.1, 0.15) is 5.82 Å². The van der Waals surface area contributed by atoms with Crippen molar-refractivity contribution in [3.05, 3.63) is 52.1 Å². The lowest BCUT2D eigenvalue weighted by Gasteiger charge is -2.08. The van der Waals surface area contributed by atoms with Crippen molar-refractivity contribution in [1.29, 1.82) is 0 Å². The molecule has 0 aliphatic carbocycles. The van der Waals surface area contributed by atoms with Crippen molar-refractivity contribution in [2.24, 2.45) is 0 Å². The van der Waals surface area contributed by atoms with Crippen LogP contribution in [-0.2, 0) is 0 Å². The normalized spacial score (nSPS) is 10.0. The Kier molecular flexibility index (Phi) is 3.61. The van der Waals surface area contributed by atoms with Crippen LogP contribution in [0.1, 0.15) is 5.56 Å². The zero-order chi connectivity index (χ0) is 13.8. The Morgan fingerprint density at radius 1 is 1.26 bits per heavy atom. The van der Waals surface area contributed by atoms with Crippen molar-refractivity contribution in [2.75, 3.05) is 17.7 Å². The first-order chi connectivity index (χ1) is 9.10. The minimum atomic E-state index is -0.454. The minimum Gasteiger partial charge on any atom is -0.373 e. The lowest BCUT2D eigenvalue weighted by atomic mass is 10.2. The van der Waals surface area contributed by atoms with Crippen molar-refractivity contribution < 1.29 is 4.92 Å². The summed E-state index contributed by atoms with van der Waals surface area (Å²) in [5, 5.41) is 16.8. The van der Waals surface area contributed by atoms with E-state index >= 15 is 0 Å². The molecular formula is C13H14N4O2. The van der Waals surface area contributed by atoms with Gasteiger partial charge in [-0.25, -0.2) is 4.98 Å². The van der Waals surface area contributed by atoms with Crippen molar-refractivity contribution >= 4 is 23.0 Å². The van der Waals surface area contributed by atoms with E-state index in [2.05, 4.69) is 15.6 Å². The minimum absolute atomic E-state index is 0.0551. The second kappa shape index (κ2) is 5.34. The smallest absolute Gasteiger partial charge is 0.311 e. The van der Waals surface area contributed by atoms with E-state index in [4.69, 9.17) is 0 Å². The van der Waals surface area contributed by atoms with Crippen LogP contribution in [-0.4, -0.2) is 17.0 Å². The first kappa shape index (κ1) is 12.8. The number of benzene rings is 1. The third-order valence-electron chi connectivity index (χ3n) is 2.61. The maximum Gasteiger partial charge on any atom is 0.311 e. The molecule has 1 aromatic carbocycles. The van der Waals surface area contributed by atoms with Gasteiger partial charge >= 0.3 is 5.69 Å². The summed E-state index contributed by atoms with van der Waals surface area (Å²) >= 11 is 0. The van der Waals surface area contributed by atoms with Crippen LogP contribution in [0.2, 0.25) is 0 Å². The van der Waals surface area contributed by atoms with Gasteiger partial charge < -0.3 is 10.6 Å². The monoisotopic (exact) mass is 258 g/mol. The van der Waals surface area contributed by atoms with E-state index in [9.17, 15) is 10.1 Å². The summed E-state index contributed by atoms with van der Waals surface area (Å²) in [4.78, 5) is 14.7. The first-order valence-electron chi connectivity index (χ1n) is 5.77. The summed E-state index contributed by atoms with van der Waals surface area (Å²) in [6, 6.07) is 10.6. The molecule has 6 nitrogen and oxygen atoms in total. The molecule has 2 aromatic rings. The molecule has 2 N–H and O–H groups in total. The molecule has 0 saturated carbocycles. The average Bonchev–Trinajstić information content (AvgIpc) is 2.38. The van der Waals surface area contributed by atoms with E-state index in [0.717, 1.165) is 11.3 Å². The van der Waals surface area contributed by atoms with Gasteiger partial charge in [0.15, 0.2) is 0 Å². The van der Waals surface area contributed by atoms with Gasteiger partial charge in [-0.2, -0.15) is 0 Å². The highest BCUT2D eigenvalue weighted by Crippen LogP contribution is 2.27. The molecule has 0 unspecified atom stereocenters. The number of aryl methyl sites for hydroxylation is 1. The van der Waals surface area contributed by atoms with Gasteiger partial charge in [0.2, 0.25) is 5.82 Å². The van der Waals surface area contributed by atoms with Crippen molar-refractivity contribution in [2.45, 2.75) is 6.92 Å². The molecule has 0 aliphatic heterocycles. The van der Waals surface area contributed by atoms with Crippen LogP contribution < -0.4 is 10.6 Å². The fourth-order valence-electron chi connectivity index (χ4n) is 1.69. The van der Waals surface area contributed by atoms with Crippen molar-refractivity contribution in [1.82, 2.24) is 4.98 Å². The molecule has 1 heterocycles. The zero-order valence-electron chi connectivity index (χ0n) is 10.7. The molecule has 0 radical (unpaired) electrons. The summed E-state index contributed by atoms with van der Waals surface area (Å²) in [5.74, 6) is 0.795. The number of hydrogen-bond donors (Lipinski definition) is 2. The first-order valence-corrected chi connectivity index (χ1v) is 5.77. The number of aromatic nitrogens is 1. The molecule has 0 spiro atoms. The fourth-order valence-corrected chi connectivity index (χ4v) is 1.69. The summed E-state index contributed by atoms with van der Waals surface area (Å²) in [5.41, 5.74) is 1.78. The van der Waals surface area contributed by atoms with Gasteiger partial charge in [0, 0.05) is 18.8 Å². The molecule has 2 rings (SSSR count). The van der Waals surface area contributed by atoms with Gasteiger partial charge in [-0.15, -0.1) is 0 Å². The second-order valence-corrected chi connectivity index (χ2v) is 4.07. The number of hydrogen-bond acceptors (Lipinski definition) is 5. The standard InChI is InChI=1S/C13H14N4O2/c1-9-4-3-5-10(8-9)15-13-11(17(18)19)6-7-12(14-2)16-13/h3-8H,1-2H3,(H2,14,15,16). The predicted molar refractivity (Wildman–Crippen MR) is 74.9 cm³/mol. The molecule has 0 atom stereocenters. The third kappa shape index (κ3) is 2.98. The van der Waals surface area contributed by atoms with E-state index in [0.29, 0.717) is 5.82 Å². The van der Waals surface area contributed by atoms with E-state index < -0.39 is 4.92 Å². The lowest BCUT2D eigenvalue weighted by molar-refractivity contribution is -0.384. The Bertz CT molecular complexity index is 613. The summed E-state index contributed by atoms with van der Waals surface area (Å²) in [6.45, 7) is 1.96. The van der Waals surface area contributed by atoms with Gasteiger partial charge in [-0.05, 0) is 30.7 Å². The largest absolute Gasteiger partial charge is 0.373 e. The van der Waals surface area contributed by atoms with Gasteiger partial charge in [-0.1, -0.05) is 12.1 Å². The van der Waals surface area contributed by atoms with Gasteiger partial charge in [0.05, 0.1) is 4.92 Å². The van der Waals surface area contributed by atoms with Crippen LogP contribution in [0.25, 0.3) is 0 Å².